The van der Waals surface area contributed by atoms with E-state index in [1.165, 1.54) is 0 Å². The van der Waals surface area contributed by atoms with Gasteiger partial charge in [-0.2, -0.15) is 5.10 Å². The Bertz CT molecular complexity index is 445. The Balaban J connectivity index is 2.51. The number of anilines is 1. The molecule has 0 radical (unpaired) electrons. The number of hydrazone groups is 1. The molecule has 0 heterocycles. The predicted molar refractivity (Wildman–Crippen MR) is 88.4 cm³/mol. The number of aliphatic hydroxyl groups excluding tert-OH is 1. The van der Waals surface area contributed by atoms with Crippen molar-refractivity contribution in [3.63, 3.8) is 0 Å². The number of aliphatic hydroxyl groups is 1. The summed E-state index contributed by atoms with van der Waals surface area (Å²) in [6, 6.07) is 8.19. The Morgan fingerprint density at radius 1 is 1.40 bits per heavy atom. The van der Waals surface area contributed by atoms with Gasteiger partial charge < -0.3 is 15.3 Å². The van der Waals surface area contributed by atoms with E-state index in [2.05, 4.69) is 15.8 Å². The van der Waals surface area contributed by atoms with Gasteiger partial charge in [-0.05, 0) is 43.8 Å². The molecule has 0 saturated carbocycles. The number of hydrogen-bond donors (Lipinski definition) is 3. The lowest BCUT2D eigenvalue weighted by molar-refractivity contribution is 0.304. The van der Waals surface area contributed by atoms with Crippen LogP contribution in [0.5, 0.6) is 0 Å². The van der Waals surface area contributed by atoms with Crippen molar-refractivity contribution in [2.75, 3.05) is 25.1 Å². The van der Waals surface area contributed by atoms with Gasteiger partial charge in [0, 0.05) is 25.3 Å². The first-order valence-electron chi connectivity index (χ1n) is 6.54. The molecule has 0 fully saturated rings. The Morgan fingerprint density at radius 2 is 2.05 bits per heavy atom. The van der Waals surface area contributed by atoms with Gasteiger partial charge in [-0.25, -0.2) is 0 Å². The maximum atomic E-state index is 8.89. The first kappa shape index (κ1) is 16.4. The highest BCUT2D eigenvalue weighted by Crippen LogP contribution is 2.12. The van der Waals surface area contributed by atoms with Crippen molar-refractivity contribution in [1.29, 1.82) is 0 Å². The fraction of sp³-hybridized carbons (Fsp3) is 0.429. The topological polar surface area (TPSA) is 59.9 Å². The van der Waals surface area contributed by atoms with Crippen LogP contribution in [-0.2, 0) is 0 Å². The number of hydrogen-bond acceptors (Lipinski definition) is 4. The lowest BCUT2D eigenvalue weighted by atomic mass is 10.2. The van der Waals surface area contributed by atoms with E-state index < -0.39 is 0 Å². The lowest BCUT2D eigenvalue weighted by Crippen LogP contribution is -2.36. The fourth-order valence-corrected chi connectivity index (χ4v) is 1.84. The van der Waals surface area contributed by atoms with Crippen molar-refractivity contribution in [3.05, 3.63) is 29.8 Å². The standard InChI is InChI=1S/C14H22N4OS/c1-11(2)16-14(20)17-15-10-12-4-6-13(7-5-12)18(3)8-9-19/h4-7,10-11,19H,8-9H2,1-3H3,(H2,16,17,20)/b15-10+. The second-order valence-electron chi connectivity index (χ2n) is 4.73. The monoisotopic (exact) mass is 294 g/mol. The number of nitrogens with one attached hydrogen (secondary N) is 2. The van der Waals surface area contributed by atoms with E-state index in [4.69, 9.17) is 17.3 Å². The van der Waals surface area contributed by atoms with Crippen molar-refractivity contribution >= 4 is 29.2 Å². The van der Waals surface area contributed by atoms with Gasteiger partial charge in [-0.1, -0.05) is 12.1 Å². The van der Waals surface area contributed by atoms with Crippen LogP contribution in [0.2, 0.25) is 0 Å². The molecule has 1 rings (SSSR count). The number of rotatable bonds is 6. The third-order valence-electron chi connectivity index (χ3n) is 2.57. The van der Waals surface area contributed by atoms with E-state index >= 15 is 0 Å². The molecule has 0 atom stereocenters. The minimum atomic E-state index is 0.143. The van der Waals surface area contributed by atoms with E-state index in [9.17, 15) is 0 Å². The highest BCUT2D eigenvalue weighted by molar-refractivity contribution is 7.80. The van der Waals surface area contributed by atoms with Crippen LogP contribution in [0, 0.1) is 0 Å². The van der Waals surface area contributed by atoms with E-state index in [0.29, 0.717) is 11.7 Å². The summed E-state index contributed by atoms with van der Waals surface area (Å²) in [6.45, 7) is 4.78. The van der Waals surface area contributed by atoms with Gasteiger partial charge in [0.1, 0.15) is 0 Å². The van der Waals surface area contributed by atoms with Gasteiger partial charge in [0.2, 0.25) is 0 Å². The Kier molecular flexibility index (Phi) is 6.97. The summed E-state index contributed by atoms with van der Waals surface area (Å²) in [6.07, 6.45) is 1.71. The van der Waals surface area contributed by atoms with Gasteiger partial charge in [-0.3, -0.25) is 5.43 Å². The second kappa shape index (κ2) is 8.50. The smallest absolute Gasteiger partial charge is 0.187 e. The molecule has 3 N–H and O–H groups in total. The highest BCUT2D eigenvalue weighted by Gasteiger charge is 1.99. The predicted octanol–water partition coefficient (Wildman–Crippen LogP) is 1.32. The zero-order chi connectivity index (χ0) is 15.0. The van der Waals surface area contributed by atoms with E-state index in [0.717, 1.165) is 11.3 Å². The zero-order valence-corrected chi connectivity index (χ0v) is 12.9. The molecule has 0 unspecified atom stereocenters. The molecule has 110 valence electrons. The third-order valence-corrected chi connectivity index (χ3v) is 2.78. The minimum Gasteiger partial charge on any atom is -0.395 e. The van der Waals surface area contributed by atoms with Crippen LogP contribution in [0.4, 0.5) is 5.69 Å². The van der Waals surface area contributed by atoms with Gasteiger partial charge in [0.05, 0.1) is 12.8 Å². The van der Waals surface area contributed by atoms with Crippen molar-refractivity contribution in [2.24, 2.45) is 5.10 Å². The summed E-state index contributed by atoms with van der Waals surface area (Å²) in [5.41, 5.74) is 4.80. The molecule has 0 aromatic heterocycles. The van der Waals surface area contributed by atoms with Crippen LogP contribution in [0.15, 0.2) is 29.4 Å². The minimum absolute atomic E-state index is 0.143. The maximum absolute atomic E-state index is 8.89. The van der Waals surface area contributed by atoms with E-state index in [-0.39, 0.29) is 12.6 Å². The number of likely N-dealkylation sites (N-methyl/N-ethyl adjacent to an activating group) is 1. The summed E-state index contributed by atoms with van der Waals surface area (Å²) in [5, 5.41) is 16.5. The molecule has 0 saturated heterocycles. The molecule has 0 aliphatic carbocycles. The van der Waals surface area contributed by atoms with Crippen molar-refractivity contribution in [3.8, 4) is 0 Å². The Labute approximate surface area is 125 Å². The normalized spacial score (nSPS) is 10.8. The summed E-state index contributed by atoms with van der Waals surface area (Å²) in [7, 11) is 1.94. The Hall–Kier alpha value is -1.66. The SMILES string of the molecule is CC(C)NC(=S)N/N=C/c1ccc(N(C)CCO)cc1. The lowest BCUT2D eigenvalue weighted by Gasteiger charge is -2.17. The molecule has 0 aliphatic heterocycles. The molecule has 0 aliphatic rings. The summed E-state index contributed by atoms with van der Waals surface area (Å²) in [5.74, 6) is 0. The summed E-state index contributed by atoms with van der Waals surface area (Å²) >= 11 is 5.06. The van der Waals surface area contributed by atoms with E-state index in [1.807, 2.05) is 50.1 Å². The highest BCUT2D eigenvalue weighted by atomic mass is 32.1. The van der Waals surface area contributed by atoms with Crippen molar-refractivity contribution in [2.45, 2.75) is 19.9 Å². The third kappa shape index (κ3) is 5.99. The quantitative estimate of drug-likeness (QED) is 0.420. The van der Waals surface area contributed by atoms with Crippen LogP contribution >= 0.6 is 12.2 Å². The average molecular weight is 294 g/mol. The first-order valence-corrected chi connectivity index (χ1v) is 6.95. The summed E-state index contributed by atoms with van der Waals surface area (Å²) < 4.78 is 0. The maximum Gasteiger partial charge on any atom is 0.187 e. The molecule has 0 amide bonds. The molecular formula is C14H22N4OS. The molecule has 5 nitrogen and oxygen atoms in total. The summed E-state index contributed by atoms with van der Waals surface area (Å²) in [4.78, 5) is 1.99. The molecule has 0 bridgehead atoms. The second-order valence-corrected chi connectivity index (χ2v) is 5.14. The van der Waals surface area contributed by atoms with E-state index in [1.54, 1.807) is 6.21 Å². The van der Waals surface area contributed by atoms with Crippen LogP contribution in [0.25, 0.3) is 0 Å². The Morgan fingerprint density at radius 3 is 2.60 bits per heavy atom. The van der Waals surface area contributed by atoms with Crippen LogP contribution in [0.1, 0.15) is 19.4 Å². The van der Waals surface area contributed by atoms with Crippen LogP contribution in [-0.4, -0.2) is 42.7 Å². The number of thiocarbonyl (C=S) groups is 1. The zero-order valence-electron chi connectivity index (χ0n) is 12.1. The molecule has 6 heteroatoms. The molecular weight excluding hydrogens is 272 g/mol. The van der Waals surface area contributed by atoms with Crippen LogP contribution < -0.4 is 15.6 Å². The number of nitrogens with zero attached hydrogens (tertiary/aromatic N) is 2. The fourth-order valence-electron chi connectivity index (χ4n) is 1.55. The van der Waals surface area contributed by atoms with Gasteiger partial charge >= 0.3 is 0 Å². The van der Waals surface area contributed by atoms with Crippen molar-refractivity contribution in [1.82, 2.24) is 10.7 Å². The van der Waals surface area contributed by atoms with Crippen LogP contribution in [0.3, 0.4) is 0 Å². The van der Waals surface area contributed by atoms with Gasteiger partial charge in [0.25, 0.3) is 0 Å². The first-order chi connectivity index (χ1) is 9.52. The molecule has 1 aromatic carbocycles. The van der Waals surface area contributed by atoms with Crippen molar-refractivity contribution < 1.29 is 5.11 Å². The average Bonchev–Trinajstić information content (AvgIpc) is 2.39. The van der Waals surface area contributed by atoms with Gasteiger partial charge in [-0.15, -0.1) is 0 Å². The largest absolute Gasteiger partial charge is 0.395 e. The molecule has 1 aromatic rings. The van der Waals surface area contributed by atoms with Gasteiger partial charge in [0.15, 0.2) is 5.11 Å². The number of benzene rings is 1. The molecule has 20 heavy (non-hydrogen) atoms. The molecule has 0 spiro atoms.